The van der Waals surface area contributed by atoms with E-state index in [1.165, 1.54) is 19.1 Å². The first-order chi connectivity index (χ1) is 8.13. The van der Waals surface area contributed by atoms with Crippen molar-refractivity contribution in [1.82, 2.24) is 4.90 Å². The van der Waals surface area contributed by atoms with Gasteiger partial charge in [0.1, 0.15) is 6.29 Å². The molecule has 2 rings (SSSR count). The van der Waals surface area contributed by atoms with Crippen LogP contribution in [0.5, 0.6) is 0 Å². The van der Waals surface area contributed by atoms with E-state index in [-0.39, 0.29) is 5.41 Å². The number of rotatable bonds is 3. The van der Waals surface area contributed by atoms with E-state index in [1.807, 2.05) is 0 Å². The quantitative estimate of drug-likeness (QED) is 0.706. The van der Waals surface area contributed by atoms with E-state index in [0.717, 1.165) is 45.0 Å². The molecule has 0 aromatic carbocycles. The summed E-state index contributed by atoms with van der Waals surface area (Å²) in [7, 11) is 0. The van der Waals surface area contributed by atoms with Crippen LogP contribution in [0, 0.1) is 11.3 Å². The molecular formula is C14H25NO2. The lowest BCUT2D eigenvalue weighted by Crippen LogP contribution is -2.48. The Morgan fingerprint density at radius 3 is 2.65 bits per heavy atom. The molecule has 98 valence electrons. The molecule has 1 aliphatic heterocycles. The van der Waals surface area contributed by atoms with Crippen LogP contribution in [0.15, 0.2) is 0 Å². The average Bonchev–Trinajstić information content (AvgIpc) is 2.33. The summed E-state index contributed by atoms with van der Waals surface area (Å²) in [5.74, 6) is 0.798. The number of nitrogens with zero attached hydrogens (tertiary/aromatic N) is 1. The molecule has 0 aromatic heterocycles. The zero-order valence-corrected chi connectivity index (χ0v) is 11.2. The van der Waals surface area contributed by atoms with E-state index in [4.69, 9.17) is 4.74 Å². The van der Waals surface area contributed by atoms with Crippen LogP contribution in [0.1, 0.15) is 39.5 Å². The Bertz CT molecular complexity index is 259. The Morgan fingerprint density at radius 2 is 2.06 bits per heavy atom. The van der Waals surface area contributed by atoms with Gasteiger partial charge in [0.15, 0.2) is 0 Å². The summed E-state index contributed by atoms with van der Waals surface area (Å²) in [5, 5.41) is 0. The number of aldehydes is 1. The molecule has 1 saturated heterocycles. The fourth-order valence-corrected chi connectivity index (χ4v) is 3.13. The molecule has 0 amide bonds. The highest BCUT2D eigenvalue weighted by Crippen LogP contribution is 2.38. The van der Waals surface area contributed by atoms with E-state index in [9.17, 15) is 4.79 Å². The van der Waals surface area contributed by atoms with Crippen LogP contribution in [0.25, 0.3) is 0 Å². The summed E-state index contributed by atoms with van der Waals surface area (Å²) in [6.45, 7) is 8.12. The van der Waals surface area contributed by atoms with Gasteiger partial charge in [-0.05, 0) is 38.5 Å². The number of morpholine rings is 1. The second kappa shape index (κ2) is 5.49. The topological polar surface area (TPSA) is 29.5 Å². The van der Waals surface area contributed by atoms with Crippen molar-refractivity contribution in [2.75, 3.05) is 26.2 Å². The largest absolute Gasteiger partial charge is 0.376 e. The number of carbonyl (C=O) groups is 1. The summed E-state index contributed by atoms with van der Waals surface area (Å²) in [6, 6.07) is 0. The van der Waals surface area contributed by atoms with Gasteiger partial charge < -0.3 is 9.53 Å². The van der Waals surface area contributed by atoms with Crippen LogP contribution in [0.2, 0.25) is 0 Å². The third kappa shape index (κ3) is 3.29. The Morgan fingerprint density at radius 1 is 1.35 bits per heavy atom. The van der Waals surface area contributed by atoms with Gasteiger partial charge in [0, 0.05) is 25.0 Å². The Kier molecular flexibility index (Phi) is 4.21. The molecule has 1 saturated carbocycles. The summed E-state index contributed by atoms with van der Waals surface area (Å²) in [5.41, 5.74) is -0.0659. The molecule has 0 spiro atoms. The maximum Gasteiger partial charge on any atom is 0.127 e. The lowest BCUT2D eigenvalue weighted by Gasteiger charge is -2.41. The van der Waals surface area contributed by atoms with E-state index in [1.54, 1.807) is 0 Å². The monoisotopic (exact) mass is 239 g/mol. The summed E-state index contributed by atoms with van der Waals surface area (Å²) >= 11 is 0. The van der Waals surface area contributed by atoms with Crippen LogP contribution in [0.3, 0.4) is 0 Å². The molecule has 17 heavy (non-hydrogen) atoms. The van der Waals surface area contributed by atoms with Gasteiger partial charge in [-0.25, -0.2) is 0 Å². The van der Waals surface area contributed by atoms with Crippen molar-refractivity contribution in [3.63, 3.8) is 0 Å². The first-order valence-electron chi connectivity index (χ1n) is 6.94. The van der Waals surface area contributed by atoms with Crippen LogP contribution in [-0.4, -0.2) is 43.5 Å². The van der Waals surface area contributed by atoms with Crippen molar-refractivity contribution in [2.45, 2.75) is 45.6 Å². The number of carbonyl (C=O) groups excluding carboxylic acids is 1. The second-order valence-corrected chi connectivity index (χ2v) is 6.08. The van der Waals surface area contributed by atoms with Crippen molar-refractivity contribution in [3.05, 3.63) is 0 Å². The summed E-state index contributed by atoms with van der Waals surface area (Å²) < 4.78 is 5.55. The first-order valence-corrected chi connectivity index (χ1v) is 6.94. The lowest BCUT2D eigenvalue weighted by atomic mass is 9.71. The number of hydrogen-bond donors (Lipinski definition) is 0. The normalized spacial score (nSPS) is 40.1. The van der Waals surface area contributed by atoms with Gasteiger partial charge in [-0.1, -0.05) is 6.92 Å². The third-order valence-corrected chi connectivity index (χ3v) is 4.38. The minimum absolute atomic E-state index is 0.0659. The first kappa shape index (κ1) is 13.0. The third-order valence-electron chi connectivity index (χ3n) is 4.38. The molecule has 3 nitrogen and oxygen atoms in total. The van der Waals surface area contributed by atoms with Gasteiger partial charge in [-0.2, -0.15) is 0 Å². The van der Waals surface area contributed by atoms with Crippen LogP contribution >= 0.6 is 0 Å². The minimum atomic E-state index is -0.0659. The molecule has 0 bridgehead atoms. The molecule has 1 unspecified atom stereocenters. The lowest BCUT2D eigenvalue weighted by molar-refractivity contribution is -0.121. The fourth-order valence-electron chi connectivity index (χ4n) is 3.13. The molecule has 2 aliphatic rings. The zero-order chi connectivity index (χ0) is 12.3. The molecule has 1 atom stereocenters. The fraction of sp³-hybridized carbons (Fsp3) is 0.929. The van der Waals surface area contributed by atoms with Crippen LogP contribution < -0.4 is 0 Å². The van der Waals surface area contributed by atoms with E-state index in [0.29, 0.717) is 6.10 Å². The average molecular weight is 239 g/mol. The second-order valence-electron chi connectivity index (χ2n) is 6.08. The SMILES string of the molecule is CC1CCC(C=O)(CN2CCOC(C)C2)CC1. The van der Waals surface area contributed by atoms with E-state index >= 15 is 0 Å². The highest BCUT2D eigenvalue weighted by Gasteiger charge is 2.36. The van der Waals surface area contributed by atoms with Crippen molar-refractivity contribution >= 4 is 6.29 Å². The van der Waals surface area contributed by atoms with Gasteiger partial charge in [0.2, 0.25) is 0 Å². The van der Waals surface area contributed by atoms with Gasteiger partial charge in [0.05, 0.1) is 12.7 Å². The highest BCUT2D eigenvalue weighted by atomic mass is 16.5. The van der Waals surface area contributed by atoms with Crippen molar-refractivity contribution in [1.29, 1.82) is 0 Å². The number of ether oxygens (including phenoxy) is 1. The minimum Gasteiger partial charge on any atom is -0.376 e. The standard InChI is InChI=1S/C14H25NO2/c1-12-3-5-14(11-16,6-4-12)10-15-7-8-17-13(2)9-15/h11-13H,3-10H2,1-2H3. The molecule has 1 heterocycles. The predicted octanol–water partition coefficient (Wildman–Crippen LogP) is 2.10. The van der Waals surface area contributed by atoms with E-state index in [2.05, 4.69) is 18.7 Å². The Hall–Kier alpha value is -0.410. The smallest absolute Gasteiger partial charge is 0.127 e. The molecule has 0 radical (unpaired) electrons. The van der Waals surface area contributed by atoms with Crippen molar-refractivity contribution in [3.8, 4) is 0 Å². The Balaban J connectivity index is 1.92. The van der Waals surface area contributed by atoms with Gasteiger partial charge >= 0.3 is 0 Å². The number of hydrogen-bond acceptors (Lipinski definition) is 3. The molecule has 2 fully saturated rings. The highest BCUT2D eigenvalue weighted by molar-refractivity contribution is 5.60. The molecular weight excluding hydrogens is 214 g/mol. The van der Waals surface area contributed by atoms with Gasteiger partial charge in [0.25, 0.3) is 0 Å². The maximum atomic E-state index is 11.5. The van der Waals surface area contributed by atoms with E-state index < -0.39 is 0 Å². The summed E-state index contributed by atoms with van der Waals surface area (Å²) in [4.78, 5) is 13.9. The van der Waals surface area contributed by atoms with Crippen LogP contribution in [-0.2, 0) is 9.53 Å². The molecule has 0 N–H and O–H groups in total. The van der Waals surface area contributed by atoms with Crippen molar-refractivity contribution in [2.24, 2.45) is 11.3 Å². The van der Waals surface area contributed by atoms with Gasteiger partial charge in [-0.15, -0.1) is 0 Å². The summed E-state index contributed by atoms with van der Waals surface area (Å²) in [6.07, 6.45) is 6.11. The van der Waals surface area contributed by atoms with Crippen molar-refractivity contribution < 1.29 is 9.53 Å². The van der Waals surface area contributed by atoms with Gasteiger partial charge in [-0.3, -0.25) is 4.90 Å². The molecule has 0 aromatic rings. The Labute approximate surface area is 105 Å². The molecule has 3 heteroatoms. The molecule has 1 aliphatic carbocycles. The predicted molar refractivity (Wildman–Crippen MR) is 68.0 cm³/mol. The maximum absolute atomic E-state index is 11.5. The van der Waals surface area contributed by atoms with Crippen LogP contribution in [0.4, 0.5) is 0 Å². The zero-order valence-electron chi connectivity index (χ0n) is 11.2.